The van der Waals surface area contributed by atoms with Crippen LogP contribution < -0.4 is 15.1 Å². The van der Waals surface area contributed by atoms with E-state index in [1.807, 2.05) is 12.1 Å². The maximum absolute atomic E-state index is 12.8. The molecule has 10 heteroatoms. The first-order chi connectivity index (χ1) is 19.1. The normalized spacial score (nSPS) is 12.8. The van der Waals surface area contributed by atoms with Crippen LogP contribution in [-0.2, 0) is 4.74 Å². The van der Waals surface area contributed by atoms with Gasteiger partial charge in [-0.05, 0) is 84.9 Å². The van der Waals surface area contributed by atoms with Crippen LogP contribution in [0.15, 0.2) is 106 Å². The number of benzene rings is 3. The van der Waals surface area contributed by atoms with Crippen molar-refractivity contribution in [2.75, 3.05) is 36.5 Å². The average molecular weight is 523 g/mol. The Morgan fingerprint density at radius 1 is 0.795 bits per heavy atom. The fourth-order valence-corrected chi connectivity index (χ4v) is 3.96. The van der Waals surface area contributed by atoms with Gasteiger partial charge in [0.05, 0.1) is 19.5 Å². The first kappa shape index (κ1) is 25.5. The average Bonchev–Trinajstić information content (AvgIpc) is 3.54. The van der Waals surface area contributed by atoms with Gasteiger partial charge in [-0.1, -0.05) is 0 Å². The van der Waals surface area contributed by atoms with Gasteiger partial charge < -0.3 is 19.4 Å². The second-order valence-electron chi connectivity index (χ2n) is 8.63. The van der Waals surface area contributed by atoms with Crippen LogP contribution in [0.3, 0.4) is 0 Å². The van der Waals surface area contributed by atoms with Gasteiger partial charge in [-0.15, -0.1) is 0 Å². The quantitative estimate of drug-likeness (QED) is 0.206. The Balaban J connectivity index is 1.17. The summed E-state index contributed by atoms with van der Waals surface area (Å²) in [5, 5.41) is 10.3. The van der Waals surface area contributed by atoms with Crippen molar-refractivity contribution in [1.29, 1.82) is 0 Å². The molecule has 1 fully saturated rings. The van der Waals surface area contributed by atoms with Crippen LogP contribution in [0, 0.1) is 0 Å². The third kappa shape index (κ3) is 6.40. The van der Waals surface area contributed by atoms with Gasteiger partial charge in [0.2, 0.25) is 10.0 Å². The zero-order valence-corrected chi connectivity index (χ0v) is 20.8. The number of ether oxygens (including phenoxy) is 1. The number of hydrogen-bond acceptors (Lipinski definition) is 7. The topological polar surface area (TPSA) is 128 Å². The van der Waals surface area contributed by atoms with E-state index in [2.05, 4.69) is 25.4 Å². The number of rotatable bonds is 7. The molecule has 0 radical (unpaired) electrons. The summed E-state index contributed by atoms with van der Waals surface area (Å²) >= 11 is 0. The Labute approximate surface area is 223 Å². The van der Waals surface area contributed by atoms with Crippen LogP contribution >= 0.6 is 0 Å². The largest absolute Gasteiger partial charge is 0.459 e. The number of morpholine rings is 1. The Kier molecular flexibility index (Phi) is 7.78. The molecule has 39 heavy (non-hydrogen) atoms. The van der Waals surface area contributed by atoms with E-state index in [0.29, 0.717) is 41.3 Å². The second kappa shape index (κ2) is 11.9. The Morgan fingerprint density at radius 2 is 1.44 bits per heavy atom. The number of nitrogens with zero attached hydrogens (tertiary/aromatic N) is 4. The summed E-state index contributed by atoms with van der Waals surface area (Å²) in [4.78, 5) is 43.1. The van der Waals surface area contributed by atoms with Gasteiger partial charge in [-0.25, -0.2) is 0 Å². The standard InChI is InChI=1S/C29H23N5O5/c35-27(20-3-9-23(10-4-20)30-29(37)26-2-1-17-39-26)21-5-11-24(12-6-21)31-33-32-28(36)22-7-13-25(14-8-22)34-15-18-38-19-16-34/h1-14,17H,15-16,18-19H2/p+1. The molecule has 2 amide bonds. The van der Waals surface area contributed by atoms with Crippen molar-refractivity contribution in [3.8, 4) is 0 Å². The molecule has 1 saturated heterocycles. The summed E-state index contributed by atoms with van der Waals surface area (Å²) < 4.78 is 10.4. The molecule has 5 rings (SSSR count). The van der Waals surface area contributed by atoms with Gasteiger partial charge in [0, 0.05) is 41.2 Å². The summed E-state index contributed by atoms with van der Waals surface area (Å²) in [6.07, 6.45) is 1.42. The monoisotopic (exact) mass is 522 g/mol. The Morgan fingerprint density at radius 3 is 2.08 bits per heavy atom. The first-order valence-electron chi connectivity index (χ1n) is 12.3. The van der Waals surface area contributed by atoms with Crippen LogP contribution in [0.5, 0.6) is 0 Å². The first-order valence-corrected chi connectivity index (χ1v) is 12.3. The van der Waals surface area contributed by atoms with E-state index in [-0.39, 0.29) is 17.5 Å². The predicted molar refractivity (Wildman–Crippen MR) is 143 cm³/mol. The molecule has 1 aliphatic rings. The maximum atomic E-state index is 12.8. The third-order valence-corrected chi connectivity index (χ3v) is 6.07. The molecule has 0 aliphatic carbocycles. The van der Waals surface area contributed by atoms with Gasteiger partial charge in [-0.3, -0.25) is 14.4 Å². The number of amides is 2. The fourth-order valence-electron chi connectivity index (χ4n) is 3.96. The van der Waals surface area contributed by atoms with Gasteiger partial charge in [0.1, 0.15) is 0 Å². The van der Waals surface area contributed by atoms with E-state index < -0.39 is 5.91 Å². The molecule has 194 valence electrons. The van der Waals surface area contributed by atoms with E-state index in [4.69, 9.17) is 9.15 Å². The number of carbonyl (C=O) groups excluding carboxylic acids is 3. The molecule has 1 N–H and O–H groups in total. The van der Waals surface area contributed by atoms with Crippen molar-refractivity contribution in [3.05, 3.63) is 114 Å². The molecule has 0 bridgehead atoms. The molecule has 10 nitrogen and oxygen atoms in total. The summed E-state index contributed by atoms with van der Waals surface area (Å²) in [7, 11) is 0. The molecule has 3 aromatic carbocycles. The molecular formula is C29H24N5O5+. The lowest BCUT2D eigenvalue weighted by Gasteiger charge is -2.28. The van der Waals surface area contributed by atoms with Crippen molar-refractivity contribution in [3.63, 3.8) is 0 Å². The van der Waals surface area contributed by atoms with Crippen molar-refractivity contribution in [2.45, 2.75) is 0 Å². The third-order valence-electron chi connectivity index (χ3n) is 6.07. The summed E-state index contributed by atoms with van der Waals surface area (Å²) in [5.41, 5.74) is 3.34. The summed E-state index contributed by atoms with van der Waals surface area (Å²) in [6.45, 7) is 3.01. The highest BCUT2D eigenvalue weighted by molar-refractivity contribution is 6.09. The molecule has 0 atom stereocenters. The van der Waals surface area contributed by atoms with Crippen LogP contribution in [0.4, 0.5) is 17.1 Å². The van der Waals surface area contributed by atoms with Gasteiger partial charge in [0.15, 0.2) is 22.3 Å². The molecule has 4 aromatic rings. The number of carbonyl (C=O) groups is 3. The summed E-state index contributed by atoms with van der Waals surface area (Å²) in [6, 6.07) is 23.4. The lowest BCUT2D eigenvalue weighted by molar-refractivity contribution is 0.0986. The highest BCUT2D eigenvalue weighted by atomic mass is 16.5. The highest BCUT2D eigenvalue weighted by Gasteiger charge is 2.15. The molecule has 0 unspecified atom stereocenters. The Hall–Kier alpha value is -5.18. The van der Waals surface area contributed by atoms with E-state index in [9.17, 15) is 14.4 Å². The van der Waals surface area contributed by atoms with E-state index >= 15 is 0 Å². The minimum absolute atomic E-state index is 0.192. The molecule has 0 spiro atoms. The van der Waals surface area contributed by atoms with Crippen LogP contribution in [0.1, 0.15) is 36.8 Å². The number of hydrogen-bond donors (Lipinski definition) is 1. The highest BCUT2D eigenvalue weighted by Crippen LogP contribution is 2.19. The minimum Gasteiger partial charge on any atom is -0.459 e. The SMILES string of the molecule is O=C(N=[N+]=Nc1ccc(C(=O)c2ccc(NC(=O)c3ccco3)cc2)cc1)c1ccc(N2CCOCC2)cc1. The number of nitrogens with one attached hydrogen (secondary N) is 1. The molecule has 1 aliphatic heterocycles. The molecule has 1 aromatic heterocycles. The van der Waals surface area contributed by atoms with E-state index in [1.165, 1.54) is 6.26 Å². The van der Waals surface area contributed by atoms with Gasteiger partial charge in [-0.2, -0.15) is 0 Å². The van der Waals surface area contributed by atoms with Crippen LogP contribution in [0.2, 0.25) is 0 Å². The number of ketones is 1. The lowest BCUT2D eigenvalue weighted by Crippen LogP contribution is -2.36. The predicted octanol–water partition coefficient (Wildman–Crippen LogP) is 5.04. The van der Waals surface area contributed by atoms with E-state index in [0.717, 1.165) is 18.8 Å². The van der Waals surface area contributed by atoms with Crippen molar-refractivity contribution < 1.29 is 23.5 Å². The zero-order chi connectivity index (χ0) is 27.0. The molecule has 0 saturated carbocycles. The molecular weight excluding hydrogens is 498 g/mol. The van der Waals surface area contributed by atoms with Crippen molar-refractivity contribution in [2.24, 2.45) is 10.2 Å². The Bertz CT molecular complexity index is 1520. The van der Waals surface area contributed by atoms with Crippen LogP contribution in [-0.4, -0.2) is 43.9 Å². The van der Waals surface area contributed by atoms with Crippen LogP contribution in [0.25, 0.3) is 0 Å². The number of furan rings is 1. The van der Waals surface area contributed by atoms with Gasteiger partial charge in [0.25, 0.3) is 5.91 Å². The maximum Gasteiger partial charge on any atom is 0.360 e. The lowest BCUT2D eigenvalue weighted by atomic mass is 10.0. The summed E-state index contributed by atoms with van der Waals surface area (Å²) in [5.74, 6) is -0.868. The number of anilines is 2. The van der Waals surface area contributed by atoms with E-state index in [1.54, 1.807) is 72.8 Å². The second-order valence-corrected chi connectivity index (χ2v) is 8.63. The zero-order valence-electron chi connectivity index (χ0n) is 20.8. The van der Waals surface area contributed by atoms with Crippen molar-refractivity contribution >= 4 is 34.7 Å². The van der Waals surface area contributed by atoms with Crippen molar-refractivity contribution in [1.82, 2.24) is 4.91 Å². The van der Waals surface area contributed by atoms with Gasteiger partial charge >= 0.3 is 5.91 Å². The minimum atomic E-state index is -0.497. The molecule has 2 heterocycles. The smallest absolute Gasteiger partial charge is 0.360 e. The fraction of sp³-hybridized carbons (Fsp3) is 0.138.